The van der Waals surface area contributed by atoms with E-state index in [4.69, 9.17) is 0 Å². The van der Waals surface area contributed by atoms with Gasteiger partial charge in [-0.25, -0.2) is 4.98 Å². The largest absolute Gasteiger partial charge is 0.393 e. The Balaban J connectivity index is 1.52. The number of nitrogens with zero attached hydrogens (tertiary/aromatic N) is 1. The van der Waals surface area contributed by atoms with Gasteiger partial charge in [0.05, 0.1) is 17.3 Å². The molecule has 0 bridgehead atoms. The fraction of sp³-hybridized carbons (Fsp3) is 0.696. The van der Waals surface area contributed by atoms with Gasteiger partial charge in [-0.1, -0.05) is 38.5 Å². The fourth-order valence-electron chi connectivity index (χ4n) is 7.31. The van der Waals surface area contributed by atoms with Gasteiger partial charge in [-0.3, -0.25) is 0 Å². The number of rotatable bonds is 1. The summed E-state index contributed by atoms with van der Waals surface area (Å²) >= 11 is 1.72. The Hall–Kier alpha value is -0.930. The molecule has 0 saturated heterocycles. The second-order valence-electron chi connectivity index (χ2n) is 9.84. The molecule has 4 aliphatic carbocycles. The predicted molar refractivity (Wildman–Crippen MR) is 108 cm³/mol. The summed E-state index contributed by atoms with van der Waals surface area (Å²) in [5, 5.41) is 12.5. The molecular weight excluding hydrogens is 338 g/mol. The molecule has 4 aliphatic rings. The zero-order valence-corrected chi connectivity index (χ0v) is 17.1. The first kappa shape index (κ1) is 17.2. The van der Waals surface area contributed by atoms with Crippen LogP contribution in [0.3, 0.4) is 0 Å². The van der Waals surface area contributed by atoms with Crippen molar-refractivity contribution in [1.82, 2.24) is 4.98 Å². The maximum atomic E-state index is 10.2. The van der Waals surface area contributed by atoms with Crippen molar-refractivity contribution >= 4 is 16.9 Å². The molecule has 0 spiro atoms. The molecule has 140 valence electrons. The summed E-state index contributed by atoms with van der Waals surface area (Å²) in [5.74, 6) is 2.92. The molecule has 26 heavy (non-hydrogen) atoms. The van der Waals surface area contributed by atoms with Gasteiger partial charge in [-0.2, -0.15) is 0 Å². The first-order valence-corrected chi connectivity index (χ1v) is 11.4. The molecule has 5 rings (SSSR count). The van der Waals surface area contributed by atoms with Crippen LogP contribution in [-0.2, 0) is 0 Å². The van der Waals surface area contributed by atoms with Crippen LogP contribution in [0.25, 0.3) is 5.57 Å². The van der Waals surface area contributed by atoms with Crippen molar-refractivity contribution in [1.29, 1.82) is 0 Å². The standard InChI is InChI=1S/C23H31NOS/c1-14-10-15-11-16(25)6-8-22(15,2)19-7-9-23(3)17(20-12-26-13-24-20)4-5-18(23)21(14)19/h4,10,12-14,16,18-19,21,25H,5-9,11H2,1-3H3/t14?,16?,18-,19+,21-,22-,23+/m0/s1. The van der Waals surface area contributed by atoms with Gasteiger partial charge in [0.25, 0.3) is 0 Å². The normalized spacial score (nSPS) is 47.5. The van der Waals surface area contributed by atoms with Gasteiger partial charge in [0.2, 0.25) is 0 Å². The minimum Gasteiger partial charge on any atom is -0.393 e. The van der Waals surface area contributed by atoms with E-state index in [1.807, 2.05) is 5.51 Å². The van der Waals surface area contributed by atoms with Crippen molar-refractivity contribution < 1.29 is 5.11 Å². The van der Waals surface area contributed by atoms with Crippen LogP contribution in [0.5, 0.6) is 0 Å². The molecule has 1 heterocycles. The molecule has 1 aromatic rings. The summed E-state index contributed by atoms with van der Waals surface area (Å²) < 4.78 is 0. The number of hydrogen-bond donors (Lipinski definition) is 1. The Labute approximate surface area is 161 Å². The SMILES string of the molecule is CC1C=C2CC(O)CC[C@]2(C)[C@@H]2CC[C@]3(C)C(c4cscn4)=CC[C@H]3[C@H]12. The zero-order chi connectivity index (χ0) is 18.1. The minimum atomic E-state index is -0.114. The number of allylic oxidation sites excluding steroid dienone is 3. The Bertz CT molecular complexity index is 765. The maximum absolute atomic E-state index is 10.2. The maximum Gasteiger partial charge on any atom is 0.0798 e. The van der Waals surface area contributed by atoms with Crippen molar-refractivity contribution in [2.24, 2.45) is 34.5 Å². The number of aromatic nitrogens is 1. The van der Waals surface area contributed by atoms with E-state index >= 15 is 0 Å². The Morgan fingerprint density at radius 1 is 1.15 bits per heavy atom. The Morgan fingerprint density at radius 3 is 2.73 bits per heavy atom. The molecule has 2 nitrogen and oxygen atoms in total. The predicted octanol–water partition coefficient (Wildman–Crippen LogP) is 5.71. The van der Waals surface area contributed by atoms with Crippen LogP contribution in [0.1, 0.15) is 65.0 Å². The molecule has 2 fully saturated rings. The highest BCUT2D eigenvalue weighted by atomic mass is 32.1. The third-order valence-corrected chi connectivity index (χ3v) is 9.28. The van der Waals surface area contributed by atoms with Gasteiger partial charge in [0, 0.05) is 5.38 Å². The van der Waals surface area contributed by atoms with Crippen LogP contribution >= 0.6 is 11.3 Å². The van der Waals surface area contributed by atoms with Crippen molar-refractivity contribution in [2.45, 2.75) is 65.4 Å². The van der Waals surface area contributed by atoms with Gasteiger partial charge in [0.15, 0.2) is 0 Å². The lowest BCUT2D eigenvalue weighted by Crippen LogP contribution is -2.52. The highest BCUT2D eigenvalue weighted by Crippen LogP contribution is 2.67. The summed E-state index contributed by atoms with van der Waals surface area (Å²) in [6, 6.07) is 0. The molecule has 0 radical (unpaired) electrons. The first-order chi connectivity index (χ1) is 12.4. The van der Waals surface area contributed by atoms with Crippen molar-refractivity contribution in [3.63, 3.8) is 0 Å². The second-order valence-corrected chi connectivity index (χ2v) is 10.6. The molecule has 1 N–H and O–H groups in total. The van der Waals surface area contributed by atoms with Crippen molar-refractivity contribution in [2.75, 3.05) is 0 Å². The highest BCUT2D eigenvalue weighted by molar-refractivity contribution is 7.07. The van der Waals surface area contributed by atoms with E-state index in [0.717, 1.165) is 30.6 Å². The third kappa shape index (κ3) is 2.22. The monoisotopic (exact) mass is 369 g/mol. The van der Waals surface area contributed by atoms with Gasteiger partial charge in [0.1, 0.15) is 0 Å². The number of hydrogen-bond acceptors (Lipinski definition) is 3. The molecule has 2 saturated carbocycles. The quantitative estimate of drug-likeness (QED) is 0.644. The molecule has 2 unspecified atom stereocenters. The topological polar surface area (TPSA) is 33.1 Å². The zero-order valence-electron chi connectivity index (χ0n) is 16.2. The fourth-order valence-corrected chi connectivity index (χ4v) is 7.87. The molecule has 0 aliphatic heterocycles. The molecular formula is C23H31NOS. The molecule has 3 heteroatoms. The van der Waals surface area contributed by atoms with E-state index in [-0.39, 0.29) is 6.10 Å². The smallest absolute Gasteiger partial charge is 0.0798 e. The number of fused-ring (bicyclic) bond motifs is 5. The summed E-state index contributed by atoms with van der Waals surface area (Å²) in [7, 11) is 0. The van der Waals surface area contributed by atoms with E-state index in [9.17, 15) is 5.11 Å². The van der Waals surface area contributed by atoms with E-state index in [2.05, 4.69) is 43.3 Å². The Kier molecular flexibility index (Phi) is 3.82. The van der Waals surface area contributed by atoms with Crippen LogP contribution in [0.2, 0.25) is 0 Å². The molecule has 1 aromatic heterocycles. The van der Waals surface area contributed by atoms with Crippen LogP contribution in [0.4, 0.5) is 0 Å². The minimum absolute atomic E-state index is 0.114. The van der Waals surface area contributed by atoms with Gasteiger partial charge >= 0.3 is 0 Å². The second kappa shape index (κ2) is 5.78. The number of aliphatic hydroxyl groups is 1. The van der Waals surface area contributed by atoms with Crippen LogP contribution in [0.15, 0.2) is 28.6 Å². The lowest BCUT2D eigenvalue weighted by molar-refractivity contribution is -0.0426. The molecule has 0 aromatic carbocycles. The van der Waals surface area contributed by atoms with Gasteiger partial charge in [-0.05, 0) is 78.6 Å². The van der Waals surface area contributed by atoms with Crippen molar-refractivity contribution in [3.8, 4) is 0 Å². The van der Waals surface area contributed by atoms with Crippen LogP contribution in [0, 0.1) is 34.5 Å². The van der Waals surface area contributed by atoms with E-state index in [0.29, 0.717) is 16.7 Å². The number of aliphatic hydroxyl groups excluding tert-OH is 1. The average molecular weight is 370 g/mol. The lowest BCUT2D eigenvalue weighted by atomic mass is 9.45. The van der Waals surface area contributed by atoms with E-state index in [1.165, 1.54) is 37.0 Å². The summed E-state index contributed by atoms with van der Waals surface area (Å²) in [4.78, 5) is 4.66. The van der Waals surface area contributed by atoms with Gasteiger partial charge in [-0.15, -0.1) is 11.3 Å². The number of thiazole rings is 1. The van der Waals surface area contributed by atoms with E-state index in [1.54, 1.807) is 16.9 Å². The Morgan fingerprint density at radius 2 is 1.96 bits per heavy atom. The van der Waals surface area contributed by atoms with E-state index < -0.39 is 0 Å². The molecule has 0 amide bonds. The van der Waals surface area contributed by atoms with Crippen LogP contribution < -0.4 is 0 Å². The molecule has 7 atom stereocenters. The third-order valence-electron chi connectivity index (χ3n) is 8.70. The summed E-state index contributed by atoms with van der Waals surface area (Å²) in [5.41, 5.74) is 6.91. The van der Waals surface area contributed by atoms with Crippen molar-refractivity contribution in [3.05, 3.63) is 34.3 Å². The first-order valence-electron chi connectivity index (χ1n) is 10.4. The van der Waals surface area contributed by atoms with Gasteiger partial charge < -0.3 is 5.11 Å². The average Bonchev–Trinajstić information content (AvgIpc) is 3.23. The highest BCUT2D eigenvalue weighted by Gasteiger charge is 2.58. The van der Waals surface area contributed by atoms with Crippen LogP contribution in [-0.4, -0.2) is 16.2 Å². The lowest BCUT2D eigenvalue weighted by Gasteiger charge is -2.59. The summed E-state index contributed by atoms with van der Waals surface area (Å²) in [6.07, 6.45) is 11.9. The summed E-state index contributed by atoms with van der Waals surface area (Å²) in [6.45, 7) is 7.48.